The molecule has 0 bridgehead atoms. The Balaban J connectivity index is 1.74. The molecule has 0 aliphatic heterocycles. The molecule has 1 amide bonds. The summed E-state index contributed by atoms with van der Waals surface area (Å²) in [5, 5.41) is 6.49. The number of hydrogen-bond donors (Lipinski definition) is 1. The van der Waals surface area contributed by atoms with Gasteiger partial charge in [0.25, 0.3) is 5.91 Å². The highest BCUT2D eigenvalue weighted by Gasteiger charge is 2.11. The third-order valence-corrected chi connectivity index (χ3v) is 3.54. The van der Waals surface area contributed by atoms with Gasteiger partial charge in [0.1, 0.15) is 17.2 Å². The molecule has 0 saturated carbocycles. The van der Waals surface area contributed by atoms with Crippen LogP contribution in [0.4, 0.5) is 0 Å². The molecule has 5 nitrogen and oxygen atoms in total. The van der Waals surface area contributed by atoms with Crippen LogP contribution in [0.2, 0.25) is 0 Å². The first-order valence-corrected chi connectivity index (χ1v) is 7.17. The lowest BCUT2D eigenvalue weighted by Gasteiger charge is -2.04. The fourth-order valence-corrected chi connectivity index (χ4v) is 2.16. The van der Waals surface area contributed by atoms with Crippen LogP contribution in [0, 0.1) is 25.7 Å². The monoisotopic (exact) mass is 301 g/mol. The molecule has 2 aromatic rings. The van der Waals surface area contributed by atoms with Crippen LogP contribution in [-0.2, 0) is 0 Å². The first kappa shape index (κ1) is 15.0. The predicted molar refractivity (Wildman–Crippen MR) is 81.4 cm³/mol. The smallest absolute Gasteiger partial charge is 0.265 e. The number of amides is 1. The van der Waals surface area contributed by atoms with E-state index < -0.39 is 0 Å². The van der Waals surface area contributed by atoms with Crippen LogP contribution in [-0.4, -0.2) is 28.6 Å². The molecule has 0 fully saturated rings. The van der Waals surface area contributed by atoms with Gasteiger partial charge in [0.2, 0.25) is 0 Å². The number of nitrogens with one attached hydrogen (secondary N) is 1. The van der Waals surface area contributed by atoms with Gasteiger partial charge < -0.3 is 10.1 Å². The number of aryl methyl sites for hydroxylation is 2. The normalized spacial score (nSPS) is 9.62. The van der Waals surface area contributed by atoms with E-state index in [0.717, 1.165) is 22.8 Å². The maximum Gasteiger partial charge on any atom is 0.265 e. The van der Waals surface area contributed by atoms with Crippen molar-refractivity contribution < 1.29 is 9.53 Å². The number of carbonyl (C=O) groups is 1. The average molecular weight is 301 g/mol. The van der Waals surface area contributed by atoms with Crippen molar-refractivity contribution in [2.24, 2.45) is 0 Å². The van der Waals surface area contributed by atoms with Gasteiger partial charge >= 0.3 is 0 Å². The lowest BCUT2D eigenvalue weighted by atomic mass is 10.2. The summed E-state index contributed by atoms with van der Waals surface area (Å²) >= 11 is 1.08. The molecule has 108 valence electrons. The fraction of sp³-hybridized carbons (Fsp3) is 0.267. The molecule has 1 aromatic heterocycles. The minimum atomic E-state index is -0.198. The van der Waals surface area contributed by atoms with Crippen molar-refractivity contribution in [1.29, 1.82) is 0 Å². The van der Waals surface area contributed by atoms with Crippen molar-refractivity contribution in [3.8, 4) is 17.6 Å². The first-order chi connectivity index (χ1) is 10.2. The Kier molecular flexibility index (Phi) is 5.29. The number of ether oxygens (including phenoxy) is 1. The summed E-state index contributed by atoms with van der Waals surface area (Å²) in [6.45, 7) is 4.30. The predicted octanol–water partition coefficient (Wildman–Crippen LogP) is 1.97. The summed E-state index contributed by atoms with van der Waals surface area (Å²) in [6.07, 6.45) is 0. The van der Waals surface area contributed by atoms with Gasteiger partial charge in [0.05, 0.1) is 12.2 Å². The van der Waals surface area contributed by atoms with Crippen LogP contribution < -0.4 is 10.1 Å². The highest BCUT2D eigenvalue weighted by molar-refractivity contribution is 7.07. The third-order valence-electron chi connectivity index (χ3n) is 2.71. The maximum atomic E-state index is 11.7. The molecule has 0 unspecified atom stereocenters. The second-order valence-corrected chi connectivity index (χ2v) is 5.03. The molecule has 0 radical (unpaired) electrons. The summed E-state index contributed by atoms with van der Waals surface area (Å²) in [6, 6.07) is 7.76. The number of benzene rings is 1. The van der Waals surface area contributed by atoms with E-state index in [1.54, 1.807) is 6.92 Å². The van der Waals surface area contributed by atoms with Crippen molar-refractivity contribution in [2.45, 2.75) is 13.8 Å². The zero-order valence-corrected chi connectivity index (χ0v) is 12.7. The molecule has 0 aliphatic carbocycles. The summed E-state index contributed by atoms with van der Waals surface area (Å²) in [5.41, 5.74) is 1.70. The summed E-state index contributed by atoms with van der Waals surface area (Å²) in [5.74, 6) is 6.33. The number of para-hydroxylation sites is 1. The van der Waals surface area contributed by atoms with Gasteiger partial charge in [-0.1, -0.05) is 34.5 Å². The van der Waals surface area contributed by atoms with E-state index in [0.29, 0.717) is 17.2 Å². The van der Waals surface area contributed by atoms with E-state index in [4.69, 9.17) is 4.74 Å². The van der Waals surface area contributed by atoms with Crippen molar-refractivity contribution in [3.63, 3.8) is 0 Å². The second-order valence-electron chi connectivity index (χ2n) is 4.28. The molecule has 21 heavy (non-hydrogen) atoms. The Morgan fingerprint density at radius 2 is 2.14 bits per heavy atom. The largest absolute Gasteiger partial charge is 0.481 e. The van der Waals surface area contributed by atoms with Crippen molar-refractivity contribution >= 4 is 17.4 Å². The molecule has 0 aliphatic rings. The fourth-order valence-electron chi connectivity index (χ4n) is 1.59. The summed E-state index contributed by atoms with van der Waals surface area (Å²) < 4.78 is 9.25. The first-order valence-electron chi connectivity index (χ1n) is 6.40. The summed E-state index contributed by atoms with van der Waals surface area (Å²) in [7, 11) is 0. The van der Waals surface area contributed by atoms with Gasteiger partial charge in [0, 0.05) is 0 Å². The molecule has 1 N–H and O–H groups in total. The van der Waals surface area contributed by atoms with Gasteiger partial charge in [-0.15, -0.1) is 5.10 Å². The Hall–Kier alpha value is -2.39. The summed E-state index contributed by atoms with van der Waals surface area (Å²) in [4.78, 5) is 12.3. The van der Waals surface area contributed by atoms with E-state index in [1.807, 2.05) is 31.2 Å². The third kappa shape index (κ3) is 4.29. The Bertz CT molecular complexity index is 685. The van der Waals surface area contributed by atoms with Crippen LogP contribution in [0.25, 0.3) is 0 Å². The highest BCUT2D eigenvalue weighted by atomic mass is 32.1. The quantitative estimate of drug-likeness (QED) is 0.877. The van der Waals surface area contributed by atoms with Crippen LogP contribution in [0.1, 0.15) is 20.9 Å². The zero-order chi connectivity index (χ0) is 15.1. The topological polar surface area (TPSA) is 64.1 Å². The SMILES string of the molecule is Cc1ccccc1OCC#CCNC(=O)c1snnc1C. The lowest BCUT2D eigenvalue weighted by Crippen LogP contribution is -2.23. The standard InChI is InChI=1S/C15H15N3O2S/c1-11-7-3-4-8-13(11)20-10-6-5-9-16-15(19)14-12(2)17-18-21-14/h3-4,7-8H,9-10H2,1-2H3,(H,16,19). The molecule has 1 heterocycles. The van der Waals surface area contributed by atoms with Gasteiger partial charge in [-0.2, -0.15) is 0 Å². The van der Waals surface area contributed by atoms with Crippen LogP contribution in [0.15, 0.2) is 24.3 Å². The zero-order valence-electron chi connectivity index (χ0n) is 11.8. The molecule has 2 rings (SSSR count). The maximum absolute atomic E-state index is 11.7. The van der Waals surface area contributed by atoms with Crippen LogP contribution in [0.3, 0.4) is 0 Å². The number of nitrogens with zero attached hydrogens (tertiary/aromatic N) is 2. The molecule has 0 atom stereocenters. The van der Waals surface area contributed by atoms with E-state index in [9.17, 15) is 4.79 Å². The molecular formula is C15H15N3O2S. The number of carbonyl (C=O) groups excluding carboxylic acids is 1. The Morgan fingerprint density at radius 1 is 1.33 bits per heavy atom. The van der Waals surface area contributed by atoms with E-state index in [-0.39, 0.29) is 12.5 Å². The number of aromatic nitrogens is 2. The van der Waals surface area contributed by atoms with Crippen molar-refractivity contribution in [3.05, 3.63) is 40.4 Å². The minimum absolute atomic E-state index is 0.198. The number of hydrogen-bond acceptors (Lipinski definition) is 5. The van der Waals surface area contributed by atoms with Gasteiger partial charge in [-0.05, 0) is 37.0 Å². The lowest BCUT2D eigenvalue weighted by molar-refractivity contribution is 0.0962. The van der Waals surface area contributed by atoms with Crippen LogP contribution in [0.5, 0.6) is 5.75 Å². The average Bonchev–Trinajstić information content (AvgIpc) is 2.90. The molecule has 6 heteroatoms. The van der Waals surface area contributed by atoms with E-state index >= 15 is 0 Å². The van der Waals surface area contributed by atoms with Crippen molar-refractivity contribution in [1.82, 2.24) is 14.9 Å². The Labute approximate surface area is 127 Å². The van der Waals surface area contributed by atoms with E-state index in [1.165, 1.54) is 0 Å². The van der Waals surface area contributed by atoms with Crippen molar-refractivity contribution in [2.75, 3.05) is 13.2 Å². The highest BCUT2D eigenvalue weighted by Crippen LogP contribution is 2.15. The van der Waals surface area contributed by atoms with Gasteiger partial charge in [0.15, 0.2) is 0 Å². The Morgan fingerprint density at radius 3 is 2.86 bits per heavy atom. The minimum Gasteiger partial charge on any atom is -0.481 e. The van der Waals surface area contributed by atoms with Gasteiger partial charge in [-0.25, -0.2) is 0 Å². The second kappa shape index (κ2) is 7.41. The van der Waals surface area contributed by atoms with E-state index in [2.05, 4.69) is 26.7 Å². The molecule has 0 spiro atoms. The molecular weight excluding hydrogens is 286 g/mol. The van der Waals surface area contributed by atoms with Crippen LogP contribution >= 0.6 is 11.5 Å². The van der Waals surface area contributed by atoms with Gasteiger partial charge in [-0.3, -0.25) is 4.79 Å². The molecule has 1 aromatic carbocycles. The number of rotatable bonds is 4. The molecule has 0 saturated heterocycles.